The second-order valence-corrected chi connectivity index (χ2v) is 3.64. The number of hydrogen-bond donors (Lipinski definition) is 1. The van der Waals surface area contributed by atoms with Crippen LogP contribution >= 0.6 is 0 Å². The van der Waals surface area contributed by atoms with Gasteiger partial charge >= 0.3 is 0 Å². The lowest BCUT2D eigenvalue weighted by Crippen LogP contribution is -2.06. The van der Waals surface area contributed by atoms with E-state index in [-0.39, 0.29) is 5.82 Å². The molecular formula is C12H11N5. The van der Waals surface area contributed by atoms with E-state index in [2.05, 4.69) is 15.0 Å². The Hall–Kier alpha value is -2.48. The van der Waals surface area contributed by atoms with Gasteiger partial charge in [0.25, 0.3) is 0 Å². The van der Waals surface area contributed by atoms with Crippen LogP contribution in [0.3, 0.4) is 0 Å². The Morgan fingerprint density at radius 3 is 2.82 bits per heavy atom. The monoisotopic (exact) mass is 225 g/mol. The maximum absolute atomic E-state index is 8.86. The molecule has 2 rings (SSSR count). The number of nitrogen functional groups attached to an aromatic ring is 1. The largest absolute Gasteiger partial charge is 0.382 e. The number of nitrogens with zero attached hydrogens (tertiary/aromatic N) is 4. The fourth-order valence-electron chi connectivity index (χ4n) is 1.56. The number of nitrogens with two attached hydrogens (primary N) is 1. The van der Waals surface area contributed by atoms with E-state index in [4.69, 9.17) is 11.0 Å². The van der Waals surface area contributed by atoms with E-state index in [1.807, 2.05) is 18.2 Å². The van der Waals surface area contributed by atoms with Crippen molar-refractivity contribution in [3.63, 3.8) is 0 Å². The standard InChI is InChI=1S/C12H11N5/c1-8-10(6-13)12(14)17-11(16-8)5-9-3-2-4-15-7-9/h2-4,7H,5H2,1H3,(H2,14,16,17). The Kier molecular flexibility index (Phi) is 2.97. The molecule has 0 aliphatic carbocycles. The van der Waals surface area contributed by atoms with Crippen molar-refractivity contribution in [2.45, 2.75) is 13.3 Å². The van der Waals surface area contributed by atoms with E-state index >= 15 is 0 Å². The maximum Gasteiger partial charge on any atom is 0.145 e. The lowest BCUT2D eigenvalue weighted by atomic mass is 10.2. The Balaban J connectivity index is 2.33. The van der Waals surface area contributed by atoms with Crippen molar-refractivity contribution >= 4 is 5.82 Å². The average Bonchev–Trinajstić information content (AvgIpc) is 2.30. The molecule has 0 radical (unpaired) electrons. The van der Waals surface area contributed by atoms with E-state index in [0.717, 1.165) is 5.56 Å². The molecule has 84 valence electrons. The zero-order valence-electron chi connectivity index (χ0n) is 9.38. The second kappa shape index (κ2) is 4.58. The quantitative estimate of drug-likeness (QED) is 0.830. The van der Waals surface area contributed by atoms with Crippen molar-refractivity contribution in [2.24, 2.45) is 0 Å². The Labute approximate surface area is 99.0 Å². The first-order valence-corrected chi connectivity index (χ1v) is 5.12. The predicted octanol–water partition coefficient (Wildman–Crippen LogP) is 1.22. The molecule has 0 fully saturated rings. The van der Waals surface area contributed by atoms with Crippen LogP contribution in [-0.2, 0) is 6.42 Å². The summed E-state index contributed by atoms with van der Waals surface area (Å²) in [6, 6.07) is 5.79. The SMILES string of the molecule is Cc1nc(Cc2cccnc2)nc(N)c1C#N. The minimum Gasteiger partial charge on any atom is -0.382 e. The minimum absolute atomic E-state index is 0.235. The van der Waals surface area contributed by atoms with Gasteiger partial charge in [-0.2, -0.15) is 5.26 Å². The summed E-state index contributed by atoms with van der Waals surface area (Å²) in [7, 11) is 0. The van der Waals surface area contributed by atoms with Gasteiger partial charge < -0.3 is 5.73 Å². The van der Waals surface area contributed by atoms with Crippen LogP contribution in [0.2, 0.25) is 0 Å². The fraction of sp³-hybridized carbons (Fsp3) is 0.167. The molecule has 17 heavy (non-hydrogen) atoms. The number of aryl methyl sites for hydroxylation is 1. The summed E-state index contributed by atoms with van der Waals surface area (Å²) < 4.78 is 0. The van der Waals surface area contributed by atoms with Crippen LogP contribution in [0, 0.1) is 18.3 Å². The van der Waals surface area contributed by atoms with Gasteiger partial charge in [0.1, 0.15) is 23.3 Å². The summed E-state index contributed by atoms with van der Waals surface area (Å²) in [5, 5.41) is 8.86. The molecule has 0 atom stereocenters. The summed E-state index contributed by atoms with van der Waals surface area (Å²) >= 11 is 0. The fourth-order valence-corrected chi connectivity index (χ4v) is 1.56. The van der Waals surface area contributed by atoms with E-state index in [0.29, 0.717) is 23.5 Å². The highest BCUT2D eigenvalue weighted by molar-refractivity contribution is 5.50. The van der Waals surface area contributed by atoms with Gasteiger partial charge in [-0.25, -0.2) is 9.97 Å². The van der Waals surface area contributed by atoms with Crippen LogP contribution in [-0.4, -0.2) is 15.0 Å². The zero-order chi connectivity index (χ0) is 12.3. The first-order chi connectivity index (χ1) is 8.20. The van der Waals surface area contributed by atoms with E-state index in [9.17, 15) is 0 Å². The summed E-state index contributed by atoms with van der Waals surface area (Å²) in [5.41, 5.74) is 7.66. The molecule has 2 N–H and O–H groups in total. The molecule has 0 saturated carbocycles. The summed E-state index contributed by atoms with van der Waals surface area (Å²) in [6.45, 7) is 1.75. The van der Waals surface area contributed by atoms with Crippen LogP contribution < -0.4 is 5.73 Å². The molecule has 0 unspecified atom stereocenters. The number of rotatable bonds is 2. The van der Waals surface area contributed by atoms with Gasteiger partial charge in [-0.05, 0) is 18.6 Å². The number of aromatic nitrogens is 3. The van der Waals surface area contributed by atoms with Gasteiger partial charge in [0.05, 0.1) is 5.69 Å². The highest BCUT2D eigenvalue weighted by atomic mass is 15.0. The van der Waals surface area contributed by atoms with Crippen LogP contribution in [0.5, 0.6) is 0 Å². The van der Waals surface area contributed by atoms with Crippen LogP contribution in [0.4, 0.5) is 5.82 Å². The van der Waals surface area contributed by atoms with Crippen molar-refractivity contribution in [1.82, 2.24) is 15.0 Å². The topological polar surface area (TPSA) is 88.5 Å². The number of anilines is 1. The van der Waals surface area contributed by atoms with E-state index in [1.54, 1.807) is 19.3 Å². The highest BCUT2D eigenvalue weighted by Crippen LogP contribution is 2.13. The van der Waals surface area contributed by atoms with Gasteiger partial charge in [0, 0.05) is 18.8 Å². The first kappa shape index (κ1) is 11.0. The lowest BCUT2D eigenvalue weighted by Gasteiger charge is -2.05. The molecule has 2 aromatic heterocycles. The molecule has 0 bridgehead atoms. The van der Waals surface area contributed by atoms with Crippen molar-refractivity contribution in [3.8, 4) is 6.07 Å². The molecule has 0 spiro atoms. The summed E-state index contributed by atoms with van der Waals surface area (Å²) in [5.74, 6) is 0.839. The molecule has 0 aromatic carbocycles. The Bertz CT molecular complexity index is 548. The molecule has 0 amide bonds. The molecule has 0 saturated heterocycles. The average molecular weight is 225 g/mol. The number of pyridine rings is 1. The molecule has 2 heterocycles. The van der Waals surface area contributed by atoms with Gasteiger partial charge in [-0.15, -0.1) is 0 Å². The predicted molar refractivity (Wildman–Crippen MR) is 62.9 cm³/mol. The van der Waals surface area contributed by atoms with E-state index in [1.165, 1.54) is 0 Å². The van der Waals surface area contributed by atoms with Crippen LogP contribution in [0.1, 0.15) is 22.6 Å². The third kappa shape index (κ3) is 2.37. The van der Waals surface area contributed by atoms with E-state index < -0.39 is 0 Å². The smallest absolute Gasteiger partial charge is 0.145 e. The molecular weight excluding hydrogens is 214 g/mol. The van der Waals surface area contributed by atoms with Gasteiger partial charge in [0.15, 0.2) is 0 Å². The zero-order valence-corrected chi connectivity index (χ0v) is 9.38. The van der Waals surface area contributed by atoms with Crippen molar-refractivity contribution in [1.29, 1.82) is 5.26 Å². The number of hydrogen-bond acceptors (Lipinski definition) is 5. The van der Waals surface area contributed by atoms with Crippen LogP contribution in [0.25, 0.3) is 0 Å². The highest BCUT2D eigenvalue weighted by Gasteiger charge is 2.08. The number of nitriles is 1. The normalized spacial score (nSPS) is 9.88. The lowest BCUT2D eigenvalue weighted by molar-refractivity contribution is 0.937. The van der Waals surface area contributed by atoms with Gasteiger partial charge in [-0.1, -0.05) is 6.07 Å². The summed E-state index contributed by atoms with van der Waals surface area (Å²) in [4.78, 5) is 12.4. The molecule has 2 aromatic rings. The molecule has 0 aliphatic heterocycles. The third-order valence-corrected chi connectivity index (χ3v) is 2.36. The Morgan fingerprint density at radius 2 is 2.24 bits per heavy atom. The van der Waals surface area contributed by atoms with Crippen LogP contribution in [0.15, 0.2) is 24.5 Å². The molecule has 5 nitrogen and oxygen atoms in total. The van der Waals surface area contributed by atoms with Crippen molar-refractivity contribution in [2.75, 3.05) is 5.73 Å². The molecule has 0 aliphatic rings. The van der Waals surface area contributed by atoms with Gasteiger partial charge in [-0.3, -0.25) is 4.98 Å². The minimum atomic E-state index is 0.235. The maximum atomic E-state index is 8.86. The van der Waals surface area contributed by atoms with Gasteiger partial charge in [0.2, 0.25) is 0 Å². The first-order valence-electron chi connectivity index (χ1n) is 5.12. The van der Waals surface area contributed by atoms with Crippen molar-refractivity contribution in [3.05, 3.63) is 47.2 Å². The Morgan fingerprint density at radius 1 is 1.41 bits per heavy atom. The van der Waals surface area contributed by atoms with Crippen molar-refractivity contribution < 1.29 is 0 Å². The molecule has 5 heteroatoms. The summed E-state index contributed by atoms with van der Waals surface area (Å²) in [6.07, 6.45) is 4.03. The second-order valence-electron chi connectivity index (χ2n) is 3.64. The third-order valence-electron chi connectivity index (χ3n) is 2.36.